The summed E-state index contributed by atoms with van der Waals surface area (Å²) in [6.45, 7) is 62.9. The van der Waals surface area contributed by atoms with Gasteiger partial charge in [0.05, 0.1) is 0 Å². The fraction of sp³-hybridized carbons (Fsp3) is 0.739. The molecule has 9 heteroatoms. The second kappa shape index (κ2) is 18.9. The van der Waals surface area contributed by atoms with Crippen molar-refractivity contribution in [2.75, 3.05) is 0 Å². The molecule has 0 aromatic heterocycles. The van der Waals surface area contributed by atoms with E-state index in [4.69, 9.17) is 0 Å². The van der Waals surface area contributed by atoms with Gasteiger partial charge in [-0.25, -0.2) is 0 Å². The van der Waals surface area contributed by atoms with Crippen LogP contribution in [-0.4, -0.2) is 62.4 Å². The minimum atomic E-state index is -2.86. The molecule has 0 aliphatic rings. The van der Waals surface area contributed by atoms with Crippen molar-refractivity contribution in [3.8, 4) is 0 Å². The first-order chi connectivity index (χ1) is 24.3. The van der Waals surface area contributed by atoms with Crippen molar-refractivity contribution >= 4 is 87.8 Å². The summed E-state index contributed by atoms with van der Waals surface area (Å²) >= 11 is 6.35. The number of rotatable bonds is 18. The molecule has 0 aliphatic carbocycles. The SMILES string of the molecule is CC(C)c1cc(C(C)C)c(C[CH2][Sn]([Br])([Br])[CH2]Cc2c(C([Si](C)(C)C)[Si](C)(C)C)cc(C([Si](C)(C)C)[Si](C)(C)C)cc2C([Si](C)(C)C)[Si](C)(C)C)c(C(C)C)c1. The second-order valence-corrected chi connectivity index (χ2v) is 94.0. The van der Waals surface area contributed by atoms with Crippen molar-refractivity contribution in [2.45, 2.75) is 214 Å². The first kappa shape index (κ1) is 52.6. The molecular weight excluding hydrogens is 1000 g/mol. The molecule has 2 aromatic rings. The monoisotopic (exact) mass is 1090 g/mol. The third kappa shape index (κ3) is 14.3. The van der Waals surface area contributed by atoms with Crippen molar-refractivity contribution in [1.29, 1.82) is 0 Å². The summed E-state index contributed by atoms with van der Waals surface area (Å²) in [6, 6.07) is 10.9. The number of hydrogen-bond donors (Lipinski definition) is 0. The van der Waals surface area contributed by atoms with E-state index in [-0.39, 0.29) is 0 Å². The average molecular weight is 1090 g/mol. The van der Waals surface area contributed by atoms with Gasteiger partial charge >= 0.3 is 371 Å². The van der Waals surface area contributed by atoms with Gasteiger partial charge in [0, 0.05) is 0 Å². The molecule has 0 unspecified atom stereocenters. The topological polar surface area (TPSA) is 0 Å². The van der Waals surface area contributed by atoms with Crippen LogP contribution >= 0.6 is 25.4 Å². The van der Waals surface area contributed by atoms with E-state index >= 15 is 0 Å². The molecule has 0 saturated heterocycles. The molecule has 0 heterocycles. The molecule has 0 N–H and O–H groups in total. The van der Waals surface area contributed by atoms with Crippen molar-refractivity contribution in [1.82, 2.24) is 0 Å². The zero-order valence-corrected chi connectivity index (χ0v) is 52.9. The molecule has 0 aliphatic heterocycles. The Balaban J connectivity index is 3.01. The molecule has 316 valence electrons. The predicted octanol–water partition coefficient (Wildman–Crippen LogP) is 17.6. The Hall–Kier alpha value is 1.50. The first-order valence-electron chi connectivity index (χ1n) is 22.0. The number of hydrogen-bond acceptors (Lipinski definition) is 0. The Bertz CT molecular complexity index is 1460. The second-order valence-electron chi connectivity index (χ2n) is 25.2. The Morgan fingerprint density at radius 2 is 0.636 bits per heavy atom. The Morgan fingerprint density at radius 1 is 0.382 bits per heavy atom. The summed E-state index contributed by atoms with van der Waals surface area (Å²) in [5, 5.41) is 2.26. The molecule has 0 bridgehead atoms. The molecule has 0 fully saturated rings. The van der Waals surface area contributed by atoms with Gasteiger partial charge in [-0.3, -0.25) is 0 Å². The van der Waals surface area contributed by atoms with E-state index in [1.807, 2.05) is 16.7 Å². The van der Waals surface area contributed by atoms with Crippen LogP contribution in [-0.2, 0) is 12.8 Å². The van der Waals surface area contributed by atoms with Crippen LogP contribution in [0.15, 0.2) is 24.3 Å². The van der Waals surface area contributed by atoms with E-state index in [1.54, 1.807) is 22.3 Å². The van der Waals surface area contributed by atoms with Gasteiger partial charge in [-0.05, 0) is 0 Å². The van der Waals surface area contributed by atoms with Gasteiger partial charge in [-0.15, -0.1) is 0 Å². The molecule has 55 heavy (non-hydrogen) atoms. The van der Waals surface area contributed by atoms with Crippen molar-refractivity contribution < 1.29 is 0 Å². The molecule has 0 amide bonds. The van der Waals surface area contributed by atoms with Gasteiger partial charge in [0.25, 0.3) is 0 Å². The molecule has 0 saturated carbocycles. The maximum atomic E-state index is 4.60. The fourth-order valence-corrected chi connectivity index (χ4v) is 59.4. The normalized spacial score (nSPS) is 14.5. The predicted molar refractivity (Wildman–Crippen MR) is 284 cm³/mol. The zero-order chi connectivity index (χ0) is 43.2. The Morgan fingerprint density at radius 3 is 0.873 bits per heavy atom. The minimum absolute atomic E-state index is 0.543. The molecule has 0 nitrogen and oxygen atoms in total. The van der Waals surface area contributed by atoms with E-state index in [0.29, 0.717) is 17.8 Å². The molecule has 2 aromatic carbocycles. The number of benzene rings is 2. The van der Waals surface area contributed by atoms with E-state index < -0.39 is 62.4 Å². The van der Waals surface area contributed by atoms with Crippen LogP contribution in [0.25, 0.3) is 0 Å². The van der Waals surface area contributed by atoms with E-state index in [1.165, 1.54) is 27.3 Å². The standard InChI is InChI=1S/C29H63Si6.C17H27.2BrH.Sn/c1-20-24-25(28(32(8,9)10)33(11,12)13)21-23(27(30(2,3)4)31(5,6)7)22-26(24)29(34(14,15)16)35(17,18)19;1-8-15-16(12(4)5)9-14(11(2)3)10-17(15)13(6)7;;;/h21-22,27-29H,1,20H2,2-19H3;9-13H,1,8H2,2-7H3;2*1H;/q;;;;+2/p-2. The average Bonchev–Trinajstić information content (AvgIpc) is 2.90. The number of halogens is 2. The van der Waals surface area contributed by atoms with Crippen molar-refractivity contribution in [3.63, 3.8) is 0 Å². The van der Waals surface area contributed by atoms with E-state index in [0.717, 1.165) is 15.5 Å². The summed E-state index contributed by atoms with van der Waals surface area (Å²) in [6.07, 6.45) is 2.43. The van der Waals surface area contributed by atoms with Gasteiger partial charge in [0.1, 0.15) is 0 Å². The van der Waals surface area contributed by atoms with Crippen LogP contribution in [0, 0.1) is 0 Å². The summed E-state index contributed by atoms with van der Waals surface area (Å²) in [5.74, 6) is 1.64. The van der Waals surface area contributed by atoms with E-state index in [9.17, 15) is 0 Å². The van der Waals surface area contributed by atoms with Crippen molar-refractivity contribution in [3.05, 3.63) is 68.8 Å². The van der Waals surface area contributed by atoms with Gasteiger partial charge < -0.3 is 0 Å². The third-order valence-corrected chi connectivity index (χ3v) is 56.4. The zero-order valence-electron chi connectivity index (χ0n) is 40.9. The van der Waals surface area contributed by atoms with Gasteiger partial charge in [0.15, 0.2) is 0 Å². The Kier molecular flexibility index (Phi) is 18.0. The molecule has 2 rings (SSSR count). The van der Waals surface area contributed by atoms with Crippen molar-refractivity contribution in [2.24, 2.45) is 0 Å². The molecule has 0 atom stereocenters. The van der Waals surface area contributed by atoms with Crippen LogP contribution in [0.5, 0.6) is 0 Å². The third-order valence-electron chi connectivity index (χ3n) is 12.2. The van der Waals surface area contributed by atoms with Gasteiger partial charge in [-0.1, -0.05) is 0 Å². The Labute approximate surface area is 367 Å². The van der Waals surface area contributed by atoms with Crippen LogP contribution in [0.2, 0.25) is 127 Å². The summed E-state index contributed by atoms with van der Waals surface area (Å²) in [4.78, 5) is 0. The first-order valence-corrected chi connectivity index (χ1v) is 60.3. The summed E-state index contributed by atoms with van der Waals surface area (Å²) in [5.41, 5.74) is 13.6. The van der Waals surface area contributed by atoms with Crippen LogP contribution in [0.4, 0.5) is 0 Å². The van der Waals surface area contributed by atoms with E-state index in [2.05, 4.69) is 209 Å². The molecule has 0 radical (unpaired) electrons. The van der Waals surface area contributed by atoms with Crippen LogP contribution < -0.4 is 0 Å². The van der Waals surface area contributed by atoms with Gasteiger partial charge in [0.2, 0.25) is 0 Å². The molecule has 0 spiro atoms. The molecular formula is C46H90Br2Si6Sn. The van der Waals surface area contributed by atoms with Crippen LogP contribution in [0.1, 0.15) is 119 Å². The summed E-state index contributed by atoms with van der Waals surface area (Å²) in [7, 11) is -9.30. The maximum absolute atomic E-state index is 4.60. The quantitative estimate of drug-likeness (QED) is 0.131. The fourth-order valence-electron chi connectivity index (χ4n) is 11.6. The van der Waals surface area contributed by atoms with Gasteiger partial charge in [-0.2, -0.15) is 0 Å². The summed E-state index contributed by atoms with van der Waals surface area (Å²) < 4.78 is 2.61. The van der Waals surface area contributed by atoms with Crippen LogP contribution in [0.3, 0.4) is 0 Å².